The average molecular weight is 406 g/mol. The van der Waals surface area contributed by atoms with Gasteiger partial charge in [-0.3, -0.25) is 14.7 Å². The molecule has 2 rings (SSSR count). The third-order valence-electron chi connectivity index (χ3n) is 5.41. The lowest BCUT2D eigenvalue weighted by Crippen LogP contribution is -2.49. The summed E-state index contributed by atoms with van der Waals surface area (Å²) >= 11 is 0. The van der Waals surface area contributed by atoms with Crippen molar-refractivity contribution in [1.82, 2.24) is 14.8 Å². The molecular formula is C21H35N5O3. The highest BCUT2D eigenvalue weighted by molar-refractivity contribution is 6.02. The highest BCUT2D eigenvalue weighted by Crippen LogP contribution is 2.25. The molecule has 2 heterocycles. The Balaban J connectivity index is 2.00. The van der Waals surface area contributed by atoms with Crippen molar-refractivity contribution >= 4 is 11.9 Å². The zero-order chi connectivity index (χ0) is 21.4. The second-order valence-electron chi connectivity index (χ2n) is 7.58. The zero-order valence-corrected chi connectivity index (χ0v) is 18.4. The number of likely N-dealkylation sites (tertiary alicyclic amines) is 1. The molecular weight excluding hydrogens is 370 g/mol. The van der Waals surface area contributed by atoms with E-state index >= 15 is 0 Å². The number of piperidine rings is 1. The summed E-state index contributed by atoms with van der Waals surface area (Å²) in [4.78, 5) is 25.5. The van der Waals surface area contributed by atoms with Crippen molar-refractivity contribution in [2.24, 2.45) is 10.7 Å². The van der Waals surface area contributed by atoms with Gasteiger partial charge in [-0.15, -0.1) is 0 Å². The standard InChI is InChI=1S/C21H35N5O3/c1-6-25(11-12-28-4)17-7-9-26(10-8-17)21(22)24-20(27)16-13-18(29-5)19(15(2)3)23-14-16/h13-15,17H,6-12H2,1-5H3,(H2,22,24,27). The van der Waals surface area contributed by atoms with E-state index in [0.717, 1.165) is 51.3 Å². The third-order valence-corrected chi connectivity index (χ3v) is 5.41. The van der Waals surface area contributed by atoms with Crippen LogP contribution in [0.25, 0.3) is 0 Å². The topological polar surface area (TPSA) is 93.3 Å². The predicted octanol–water partition coefficient (Wildman–Crippen LogP) is 2.10. The maximum Gasteiger partial charge on any atom is 0.281 e. The normalized spacial score (nSPS) is 16.0. The van der Waals surface area contributed by atoms with Crippen molar-refractivity contribution in [1.29, 1.82) is 0 Å². The fraction of sp³-hybridized carbons (Fsp3) is 0.667. The number of nitrogens with zero attached hydrogens (tertiary/aromatic N) is 4. The zero-order valence-electron chi connectivity index (χ0n) is 18.4. The van der Waals surface area contributed by atoms with Crippen molar-refractivity contribution in [2.45, 2.75) is 45.6 Å². The van der Waals surface area contributed by atoms with Gasteiger partial charge in [-0.05, 0) is 31.4 Å². The van der Waals surface area contributed by atoms with Crippen LogP contribution >= 0.6 is 0 Å². The number of rotatable bonds is 8. The SMILES string of the molecule is CCN(CCOC)C1CCN(C(N)=NC(=O)c2cnc(C(C)C)c(OC)c2)CC1. The molecule has 0 aliphatic carbocycles. The smallest absolute Gasteiger partial charge is 0.281 e. The number of nitrogens with two attached hydrogens (primary N) is 1. The van der Waals surface area contributed by atoms with Gasteiger partial charge in [0.15, 0.2) is 5.96 Å². The van der Waals surface area contributed by atoms with Gasteiger partial charge in [0.1, 0.15) is 5.75 Å². The first-order valence-electron chi connectivity index (χ1n) is 10.3. The highest BCUT2D eigenvalue weighted by Gasteiger charge is 2.25. The summed E-state index contributed by atoms with van der Waals surface area (Å²) < 4.78 is 10.6. The Morgan fingerprint density at radius 3 is 2.62 bits per heavy atom. The average Bonchev–Trinajstić information content (AvgIpc) is 2.74. The molecule has 1 fully saturated rings. The molecule has 0 spiro atoms. The van der Waals surface area contributed by atoms with Gasteiger partial charge in [0.2, 0.25) is 0 Å². The van der Waals surface area contributed by atoms with E-state index < -0.39 is 5.91 Å². The summed E-state index contributed by atoms with van der Waals surface area (Å²) in [7, 11) is 3.30. The number of methoxy groups -OCH3 is 2. The van der Waals surface area contributed by atoms with Crippen molar-refractivity contribution in [2.75, 3.05) is 47.0 Å². The summed E-state index contributed by atoms with van der Waals surface area (Å²) in [5, 5.41) is 0. The summed E-state index contributed by atoms with van der Waals surface area (Å²) in [6, 6.07) is 2.19. The van der Waals surface area contributed by atoms with E-state index in [2.05, 4.69) is 21.8 Å². The Morgan fingerprint density at radius 2 is 2.07 bits per heavy atom. The maximum atomic E-state index is 12.6. The second kappa shape index (κ2) is 11.1. The van der Waals surface area contributed by atoms with E-state index in [4.69, 9.17) is 15.2 Å². The molecule has 1 aromatic heterocycles. The Hall–Kier alpha value is -2.19. The van der Waals surface area contributed by atoms with Gasteiger partial charge in [-0.2, -0.15) is 4.99 Å². The van der Waals surface area contributed by atoms with Gasteiger partial charge in [0.25, 0.3) is 5.91 Å². The maximum absolute atomic E-state index is 12.6. The van der Waals surface area contributed by atoms with Crippen molar-refractivity contribution in [3.63, 3.8) is 0 Å². The summed E-state index contributed by atoms with van der Waals surface area (Å²) in [5.41, 5.74) is 7.33. The molecule has 29 heavy (non-hydrogen) atoms. The minimum absolute atomic E-state index is 0.204. The molecule has 8 heteroatoms. The van der Waals surface area contributed by atoms with Crippen LogP contribution in [0.3, 0.4) is 0 Å². The van der Waals surface area contributed by atoms with Gasteiger partial charge in [0.05, 0.1) is 25.0 Å². The quantitative estimate of drug-likeness (QED) is 0.523. The van der Waals surface area contributed by atoms with Gasteiger partial charge < -0.3 is 20.1 Å². The summed E-state index contributed by atoms with van der Waals surface area (Å²) in [5.74, 6) is 0.660. The highest BCUT2D eigenvalue weighted by atomic mass is 16.5. The number of aliphatic imine (C=N–C) groups is 1. The summed E-state index contributed by atoms with van der Waals surface area (Å²) in [6.45, 7) is 10.5. The minimum Gasteiger partial charge on any atom is -0.495 e. The number of aromatic nitrogens is 1. The molecule has 8 nitrogen and oxygen atoms in total. The number of pyridine rings is 1. The minimum atomic E-state index is -0.402. The number of carbonyl (C=O) groups excluding carboxylic acids is 1. The van der Waals surface area contributed by atoms with Crippen molar-refractivity contribution in [3.8, 4) is 5.75 Å². The van der Waals surface area contributed by atoms with Crippen molar-refractivity contribution in [3.05, 3.63) is 23.5 Å². The molecule has 0 aromatic carbocycles. The van der Waals surface area contributed by atoms with E-state index in [1.54, 1.807) is 20.3 Å². The van der Waals surface area contributed by atoms with Gasteiger partial charge in [0, 0.05) is 39.0 Å². The molecule has 2 N–H and O–H groups in total. The van der Waals surface area contributed by atoms with Crippen molar-refractivity contribution < 1.29 is 14.3 Å². The van der Waals surface area contributed by atoms with E-state index in [1.807, 2.05) is 18.7 Å². The van der Waals surface area contributed by atoms with Crippen LogP contribution in [0, 0.1) is 0 Å². The lowest BCUT2D eigenvalue weighted by atomic mass is 10.0. The molecule has 1 aliphatic rings. The molecule has 1 aromatic rings. The first-order valence-corrected chi connectivity index (χ1v) is 10.3. The number of likely N-dealkylation sites (N-methyl/N-ethyl adjacent to an activating group) is 1. The van der Waals surface area contributed by atoms with E-state index in [-0.39, 0.29) is 11.9 Å². The lowest BCUT2D eigenvalue weighted by Gasteiger charge is -2.38. The molecule has 1 amide bonds. The number of carbonyl (C=O) groups is 1. The molecule has 1 aliphatic heterocycles. The first kappa shape index (κ1) is 23.1. The van der Waals surface area contributed by atoms with Gasteiger partial charge in [-0.1, -0.05) is 20.8 Å². The predicted molar refractivity (Wildman–Crippen MR) is 115 cm³/mol. The van der Waals surface area contributed by atoms with Crippen LogP contribution in [0.15, 0.2) is 17.3 Å². The van der Waals surface area contributed by atoms with Gasteiger partial charge in [-0.25, -0.2) is 0 Å². The lowest BCUT2D eigenvalue weighted by molar-refractivity contribution is 0.0958. The van der Waals surface area contributed by atoms with Crippen LogP contribution in [0.1, 0.15) is 55.6 Å². The van der Waals surface area contributed by atoms with Crippen LogP contribution in [-0.4, -0.2) is 79.7 Å². The van der Waals surface area contributed by atoms with E-state index in [9.17, 15) is 4.79 Å². The Morgan fingerprint density at radius 1 is 1.38 bits per heavy atom. The van der Waals surface area contributed by atoms with Crippen LogP contribution < -0.4 is 10.5 Å². The fourth-order valence-corrected chi connectivity index (χ4v) is 3.68. The Bertz CT molecular complexity index is 700. The summed E-state index contributed by atoms with van der Waals surface area (Å²) in [6.07, 6.45) is 3.51. The second-order valence-corrected chi connectivity index (χ2v) is 7.58. The van der Waals surface area contributed by atoms with Gasteiger partial charge >= 0.3 is 0 Å². The molecule has 0 unspecified atom stereocenters. The van der Waals surface area contributed by atoms with Crippen LogP contribution in [0.4, 0.5) is 0 Å². The fourth-order valence-electron chi connectivity index (χ4n) is 3.68. The molecule has 0 radical (unpaired) electrons. The third kappa shape index (κ3) is 6.14. The molecule has 0 atom stereocenters. The van der Waals surface area contributed by atoms with Crippen LogP contribution in [0.2, 0.25) is 0 Å². The van der Waals surface area contributed by atoms with Crippen LogP contribution in [0.5, 0.6) is 5.75 Å². The molecule has 1 saturated heterocycles. The molecule has 162 valence electrons. The number of amides is 1. The molecule has 0 saturated carbocycles. The van der Waals surface area contributed by atoms with E-state index in [0.29, 0.717) is 17.4 Å². The first-order chi connectivity index (χ1) is 13.9. The number of ether oxygens (including phenoxy) is 2. The number of hydrogen-bond donors (Lipinski definition) is 1. The van der Waals surface area contributed by atoms with E-state index in [1.165, 1.54) is 6.20 Å². The van der Waals surface area contributed by atoms with Crippen LogP contribution in [-0.2, 0) is 4.74 Å². The number of hydrogen-bond acceptors (Lipinski definition) is 5. The Kier molecular flexibility index (Phi) is 8.85. The number of guanidine groups is 1. The molecule has 0 bridgehead atoms. The Labute approximate surface area is 174 Å². The monoisotopic (exact) mass is 405 g/mol. The largest absolute Gasteiger partial charge is 0.495 e.